The molecule has 16 heavy (non-hydrogen) atoms. The first-order chi connectivity index (χ1) is 7.66. The number of nitrogens with two attached hydrogens (primary N) is 1. The van der Waals surface area contributed by atoms with Gasteiger partial charge in [0.2, 0.25) is 0 Å². The van der Waals surface area contributed by atoms with Crippen LogP contribution in [0.3, 0.4) is 0 Å². The van der Waals surface area contributed by atoms with Crippen LogP contribution in [-0.2, 0) is 0 Å². The van der Waals surface area contributed by atoms with Crippen molar-refractivity contribution in [3.8, 4) is 0 Å². The summed E-state index contributed by atoms with van der Waals surface area (Å²) in [4.78, 5) is 8.26. The second-order valence-corrected chi connectivity index (χ2v) is 4.74. The highest BCUT2D eigenvalue weighted by atomic mass is 35.5. The third-order valence-electron chi connectivity index (χ3n) is 1.75. The molecule has 3 nitrogen and oxygen atoms in total. The van der Waals surface area contributed by atoms with E-state index < -0.39 is 0 Å². The summed E-state index contributed by atoms with van der Waals surface area (Å²) in [5.74, 6) is 0. The molecule has 2 aromatic heterocycles. The fourth-order valence-corrected chi connectivity index (χ4v) is 2.30. The number of aromatic nitrogens is 2. The van der Waals surface area contributed by atoms with Crippen LogP contribution in [0.1, 0.15) is 0 Å². The van der Waals surface area contributed by atoms with E-state index in [1.807, 2.05) is 0 Å². The Morgan fingerprint density at radius 2 is 1.88 bits per heavy atom. The van der Waals surface area contributed by atoms with Crippen molar-refractivity contribution in [2.75, 3.05) is 5.73 Å². The Morgan fingerprint density at radius 1 is 1.12 bits per heavy atom. The van der Waals surface area contributed by atoms with Crippen LogP contribution in [-0.4, -0.2) is 9.97 Å². The molecule has 0 amide bonds. The Morgan fingerprint density at radius 3 is 2.56 bits per heavy atom. The number of rotatable bonds is 2. The largest absolute Gasteiger partial charge is 0.397 e. The van der Waals surface area contributed by atoms with Gasteiger partial charge in [0.1, 0.15) is 10.1 Å². The van der Waals surface area contributed by atoms with E-state index in [9.17, 15) is 0 Å². The summed E-state index contributed by atoms with van der Waals surface area (Å²) in [7, 11) is 0. The average molecular weight is 272 g/mol. The maximum atomic E-state index is 6.00. The van der Waals surface area contributed by atoms with Crippen LogP contribution in [0, 0.1) is 0 Å². The molecule has 0 atom stereocenters. The van der Waals surface area contributed by atoms with Crippen molar-refractivity contribution in [1.82, 2.24) is 9.97 Å². The molecule has 0 aromatic carbocycles. The molecule has 0 spiro atoms. The quantitative estimate of drug-likeness (QED) is 0.908. The minimum absolute atomic E-state index is 0.492. The van der Waals surface area contributed by atoms with E-state index in [0.717, 1.165) is 0 Å². The van der Waals surface area contributed by atoms with Gasteiger partial charge in [-0.2, -0.15) is 0 Å². The molecule has 6 heteroatoms. The van der Waals surface area contributed by atoms with Crippen molar-refractivity contribution in [2.24, 2.45) is 0 Å². The molecule has 0 saturated heterocycles. The highest BCUT2D eigenvalue weighted by Crippen LogP contribution is 2.34. The number of nitrogens with zero attached hydrogens (tertiary/aromatic N) is 2. The van der Waals surface area contributed by atoms with Crippen molar-refractivity contribution in [1.29, 1.82) is 0 Å². The average Bonchev–Trinajstić information content (AvgIpc) is 2.25. The molecule has 0 saturated carbocycles. The molecule has 0 aliphatic rings. The zero-order valence-corrected chi connectivity index (χ0v) is 10.4. The van der Waals surface area contributed by atoms with E-state index in [1.54, 1.807) is 30.6 Å². The minimum atomic E-state index is 0.492. The fourth-order valence-electron chi connectivity index (χ4n) is 1.05. The van der Waals surface area contributed by atoms with E-state index in [4.69, 9.17) is 28.9 Å². The summed E-state index contributed by atoms with van der Waals surface area (Å²) < 4.78 is 0. The normalized spacial score (nSPS) is 10.4. The zero-order chi connectivity index (χ0) is 11.5. The molecule has 0 fully saturated rings. The van der Waals surface area contributed by atoms with E-state index in [0.29, 0.717) is 25.8 Å². The summed E-state index contributed by atoms with van der Waals surface area (Å²) in [6, 6.07) is 5.18. The lowest BCUT2D eigenvalue weighted by atomic mass is 10.4. The standard InChI is InChI=1S/C10H7Cl2N3S/c11-7-2-1-3-14-9(7)16-10-8(12)4-6(13)5-15-10/h1-5H,13H2. The van der Waals surface area contributed by atoms with Crippen molar-refractivity contribution in [2.45, 2.75) is 10.1 Å². The van der Waals surface area contributed by atoms with Gasteiger partial charge < -0.3 is 5.73 Å². The van der Waals surface area contributed by atoms with E-state index in [2.05, 4.69) is 9.97 Å². The van der Waals surface area contributed by atoms with E-state index in [-0.39, 0.29) is 0 Å². The van der Waals surface area contributed by atoms with Crippen molar-refractivity contribution < 1.29 is 0 Å². The van der Waals surface area contributed by atoms with Crippen LogP contribution in [0.15, 0.2) is 40.6 Å². The number of anilines is 1. The molecule has 0 aliphatic carbocycles. The maximum Gasteiger partial charge on any atom is 0.121 e. The second kappa shape index (κ2) is 4.91. The monoisotopic (exact) mass is 271 g/mol. The van der Waals surface area contributed by atoms with Gasteiger partial charge in [-0.15, -0.1) is 0 Å². The molecular formula is C10H7Cl2N3S. The zero-order valence-electron chi connectivity index (χ0n) is 8.02. The Balaban J connectivity index is 2.31. The summed E-state index contributed by atoms with van der Waals surface area (Å²) in [6.07, 6.45) is 3.21. The minimum Gasteiger partial charge on any atom is -0.397 e. The number of pyridine rings is 2. The lowest BCUT2D eigenvalue weighted by Gasteiger charge is -2.04. The lowest BCUT2D eigenvalue weighted by molar-refractivity contribution is 1.09. The highest BCUT2D eigenvalue weighted by Gasteiger charge is 2.08. The van der Waals surface area contributed by atoms with Gasteiger partial charge in [0.15, 0.2) is 0 Å². The van der Waals surface area contributed by atoms with Crippen LogP contribution >= 0.6 is 35.0 Å². The SMILES string of the molecule is Nc1cnc(Sc2ncccc2Cl)c(Cl)c1. The molecule has 82 valence electrons. The van der Waals surface area contributed by atoms with Crippen molar-refractivity contribution >= 4 is 40.7 Å². The topological polar surface area (TPSA) is 51.8 Å². The van der Waals surface area contributed by atoms with Crippen LogP contribution in [0.2, 0.25) is 10.0 Å². The third kappa shape index (κ3) is 2.58. The predicted molar refractivity (Wildman–Crippen MR) is 67.0 cm³/mol. The number of hydrogen-bond acceptors (Lipinski definition) is 4. The van der Waals surface area contributed by atoms with Gasteiger partial charge in [0, 0.05) is 6.20 Å². The van der Waals surface area contributed by atoms with Gasteiger partial charge in [-0.1, -0.05) is 23.2 Å². The first-order valence-electron chi connectivity index (χ1n) is 4.36. The summed E-state index contributed by atoms with van der Waals surface area (Å²) in [5.41, 5.74) is 6.08. The van der Waals surface area contributed by atoms with Gasteiger partial charge in [-0.3, -0.25) is 0 Å². The first kappa shape index (κ1) is 11.5. The Labute approximate surface area is 107 Å². The van der Waals surface area contributed by atoms with E-state index >= 15 is 0 Å². The highest BCUT2D eigenvalue weighted by molar-refractivity contribution is 7.99. The molecule has 2 rings (SSSR count). The summed E-state index contributed by atoms with van der Waals surface area (Å²) in [6.45, 7) is 0. The van der Waals surface area contributed by atoms with Crippen LogP contribution in [0.25, 0.3) is 0 Å². The van der Waals surface area contributed by atoms with Crippen LogP contribution in [0.5, 0.6) is 0 Å². The molecular weight excluding hydrogens is 265 g/mol. The molecule has 0 aliphatic heterocycles. The number of nitrogen functional groups attached to an aromatic ring is 1. The molecule has 2 aromatic rings. The molecule has 0 unspecified atom stereocenters. The molecule has 0 bridgehead atoms. The predicted octanol–water partition coefficient (Wildman–Crippen LogP) is 3.52. The first-order valence-corrected chi connectivity index (χ1v) is 5.93. The number of hydrogen-bond donors (Lipinski definition) is 1. The summed E-state index contributed by atoms with van der Waals surface area (Å²) in [5, 5.41) is 2.37. The van der Waals surface area contributed by atoms with Crippen LogP contribution in [0.4, 0.5) is 5.69 Å². The second-order valence-electron chi connectivity index (χ2n) is 2.95. The lowest BCUT2D eigenvalue weighted by Crippen LogP contribution is -1.89. The van der Waals surface area contributed by atoms with Gasteiger partial charge in [-0.05, 0) is 30.0 Å². The Kier molecular flexibility index (Phi) is 3.53. The molecule has 0 radical (unpaired) electrons. The van der Waals surface area contributed by atoms with E-state index in [1.165, 1.54) is 11.8 Å². The van der Waals surface area contributed by atoms with Crippen molar-refractivity contribution in [3.05, 3.63) is 40.6 Å². The van der Waals surface area contributed by atoms with Crippen LogP contribution < -0.4 is 5.73 Å². The third-order valence-corrected chi connectivity index (χ3v) is 3.60. The van der Waals surface area contributed by atoms with Gasteiger partial charge in [-0.25, -0.2) is 9.97 Å². The van der Waals surface area contributed by atoms with Gasteiger partial charge in [0.25, 0.3) is 0 Å². The molecule has 2 heterocycles. The molecule has 2 N–H and O–H groups in total. The van der Waals surface area contributed by atoms with Crippen molar-refractivity contribution in [3.63, 3.8) is 0 Å². The Bertz CT molecular complexity index is 519. The number of halogens is 2. The fraction of sp³-hybridized carbons (Fsp3) is 0. The summed E-state index contributed by atoms with van der Waals surface area (Å²) >= 11 is 13.3. The maximum absolute atomic E-state index is 6.00. The Hall–Kier alpha value is -0.970. The smallest absolute Gasteiger partial charge is 0.121 e. The van der Waals surface area contributed by atoms with Gasteiger partial charge in [0.05, 0.1) is 21.9 Å². The van der Waals surface area contributed by atoms with Gasteiger partial charge >= 0.3 is 0 Å².